The van der Waals surface area contributed by atoms with Crippen molar-refractivity contribution in [1.82, 2.24) is 0 Å². The Morgan fingerprint density at radius 1 is 1.06 bits per heavy atom. The standard InChI is InChI=1S/C13H10BrF2N/c14-9-4-5-11(12(16)7-9)13(17)8-2-1-3-10(15)6-8/h1-7,13H,17H2. The van der Waals surface area contributed by atoms with Crippen LogP contribution in [0.2, 0.25) is 0 Å². The lowest BCUT2D eigenvalue weighted by Crippen LogP contribution is -2.13. The number of benzene rings is 2. The van der Waals surface area contributed by atoms with E-state index in [0.29, 0.717) is 15.6 Å². The molecule has 0 radical (unpaired) electrons. The average molecular weight is 298 g/mol. The summed E-state index contributed by atoms with van der Waals surface area (Å²) in [6, 6.07) is 9.84. The Kier molecular flexibility index (Phi) is 3.54. The summed E-state index contributed by atoms with van der Waals surface area (Å²) in [4.78, 5) is 0. The van der Waals surface area contributed by atoms with E-state index in [1.165, 1.54) is 18.2 Å². The molecule has 88 valence electrons. The van der Waals surface area contributed by atoms with Crippen molar-refractivity contribution in [1.29, 1.82) is 0 Å². The first-order chi connectivity index (χ1) is 8.08. The summed E-state index contributed by atoms with van der Waals surface area (Å²) in [5.41, 5.74) is 6.81. The van der Waals surface area contributed by atoms with Crippen LogP contribution >= 0.6 is 15.9 Å². The molecule has 0 aliphatic rings. The molecular formula is C13H10BrF2N. The minimum atomic E-state index is -0.668. The van der Waals surface area contributed by atoms with E-state index in [-0.39, 0.29) is 5.82 Å². The SMILES string of the molecule is NC(c1cccc(F)c1)c1ccc(Br)cc1F. The highest BCUT2D eigenvalue weighted by molar-refractivity contribution is 9.10. The van der Waals surface area contributed by atoms with E-state index in [4.69, 9.17) is 5.73 Å². The number of nitrogens with two attached hydrogens (primary N) is 1. The largest absolute Gasteiger partial charge is 0.320 e. The average Bonchev–Trinajstić information content (AvgIpc) is 2.28. The fourth-order valence-electron chi connectivity index (χ4n) is 1.63. The molecule has 1 unspecified atom stereocenters. The van der Waals surface area contributed by atoms with Crippen LogP contribution in [0.4, 0.5) is 8.78 Å². The molecule has 0 bridgehead atoms. The normalized spacial score (nSPS) is 12.5. The molecule has 2 aromatic rings. The predicted molar refractivity (Wildman–Crippen MR) is 66.5 cm³/mol. The Bertz CT molecular complexity index is 543. The summed E-state index contributed by atoms with van der Waals surface area (Å²) in [5.74, 6) is -0.786. The van der Waals surface area contributed by atoms with Crippen LogP contribution in [0.1, 0.15) is 17.2 Å². The van der Waals surface area contributed by atoms with Gasteiger partial charge in [0, 0.05) is 10.0 Å². The van der Waals surface area contributed by atoms with Crippen LogP contribution in [0.5, 0.6) is 0 Å². The van der Waals surface area contributed by atoms with E-state index in [9.17, 15) is 8.78 Å². The van der Waals surface area contributed by atoms with Gasteiger partial charge >= 0.3 is 0 Å². The van der Waals surface area contributed by atoms with Crippen LogP contribution in [0.3, 0.4) is 0 Å². The smallest absolute Gasteiger partial charge is 0.129 e. The van der Waals surface area contributed by atoms with Crippen LogP contribution in [-0.4, -0.2) is 0 Å². The maximum Gasteiger partial charge on any atom is 0.129 e. The van der Waals surface area contributed by atoms with Gasteiger partial charge in [0.2, 0.25) is 0 Å². The van der Waals surface area contributed by atoms with Crippen LogP contribution < -0.4 is 5.73 Å². The molecule has 1 nitrogen and oxygen atoms in total. The minimum absolute atomic E-state index is 0.346. The third-order valence-electron chi connectivity index (χ3n) is 2.51. The van der Waals surface area contributed by atoms with Crippen molar-refractivity contribution in [2.24, 2.45) is 5.73 Å². The second-order valence-corrected chi connectivity index (χ2v) is 4.61. The molecule has 0 amide bonds. The summed E-state index contributed by atoms with van der Waals surface area (Å²) in [5, 5.41) is 0. The lowest BCUT2D eigenvalue weighted by Gasteiger charge is -2.13. The summed E-state index contributed by atoms with van der Waals surface area (Å²) in [7, 11) is 0. The predicted octanol–water partition coefficient (Wildman–Crippen LogP) is 3.78. The van der Waals surface area contributed by atoms with Gasteiger partial charge in [0.1, 0.15) is 11.6 Å². The molecule has 4 heteroatoms. The monoisotopic (exact) mass is 297 g/mol. The summed E-state index contributed by atoms with van der Waals surface area (Å²) in [6.45, 7) is 0. The van der Waals surface area contributed by atoms with Crippen molar-refractivity contribution >= 4 is 15.9 Å². The van der Waals surface area contributed by atoms with Gasteiger partial charge in [-0.05, 0) is 29.8 Å². The highest BCUT2D eigenvalue weighted by Gasteiger charge is 2.14. The van der Waals surface area contributed by atoms with Gasteiger partial charge in [-0.15, -0.1) is 0 Å². The van der Waals surface area contributed by atoms with Crippen LogP contribution in [-0.2, 0) is 0 Å². The van der Waals surface area contributed by atoms with Gasteiger partial charge < -0.3 is 5.73 Å². The van der Waals surface area contributed by atoms with Crippen molar-refractivity contribution in [2.45, 2.75) is 6.04 Å². The molecule has 0 saturated heterocycles. The zero-order valence-corrected chi connectivity index (χ0v) is 10.4. The quantitative estimate of drug-likeness (QED) is 0.897. The first kappa shape index (κ1) is 12.2. The van der Waals surface area contributed by atoms with Crippen molar-refractivity contribution in [3.8, 4) is 0 Å². The second-order valence-electron chi connectivity index (χ2n) is 3.70. The van der Waals surface area contributed by atoms with Crippen LogP contribution in [0, 0.1) is 11.6 Å². The molecule has 1 atom stereocenters. The molecule has 2 rings (SSSR count). The Balaban J connectivity index is 2.40. The van der Waals surface area contributed by atoms with E-state index in [2.05, 4.69) is 15.9 Å². The van der Waals surface area contributed by atoms with Crippen molar-refractivity contribution in [3.05, 3.63) is 69.7 Å². The zero-order valence-electron chi connectivity index (χ0n) is 8.83. The third kappa shape index (κ3) is 2.70. The number of hydrogen-bond donors (Lipinski definition) is 1. The van der Waals surface area contributed by atoms with Crippen molar-refractivity contribution < 1.29 is 8.78 Å². The molecule has 0 spiro atoms. The summed E-state index contributed by atoms with van der Waals surface area (Å²) in [6.07, 6.45) is 0. The Morgan fingerprint density at radius 2 is 1.82 bits per heavy atom. The highest BCUT2D eigenvalue weighted by atomic mass is 79.9. The van der Waals surface area contributed by atoms with E-state index < -0.39 is 11.9 Å². The van der Waals surface area contributed by atoms with Gasteiger partial charge in [0.05, 0.1) is 6.04 Å². The first-order valence-corrected chi connectivity index (χ1v) is 5.83. The molecule has 2 aromatic carbocycles. The fourth-order valence-corrected chi connectivity index (χ4v) is 1.97. The Labute approximate surface area is 106 Å². The molecule has 0 fully saturated rings. The van der Waals surface area contributed by atoms with Crippen molar-refractivity contribution in [2.75, 3.05) is 0 Å². The summed E-state index contributed by atoms with van der Waals surface area (Å²) < 4.78 is 27.4. The molecule has 0 aliphatic heterocycles. The molecule has 0 heterocycles. The molecule has 2 N–H and O–H groups in total. The van der Waals surface area contributed by atoms with Gasteiger partial charge in [-0.1, -0.05) is 34.1 Å². The highest BCUT2D eigenvalue weighted by Crippen LogP contribution is 2.24. The molecule has 0 aromatic heterocycles. The van der Waals surface area contributed by atoms with Crippen LogP contribution in [0.25, 0.3) is 0 Å². The van der Waals surface area contributed by atoms with Gasteiger partial charge in [0.15, 0.2) is 0 Å². The fraction of sp³-hybridized carbons (Fsp3) is 0.0769. The van der Waals surface area contributed by atoms with E-state index >= 15 is 0 Å². The number of rotatable bonds is 2. The molecule has 0 saturated carbocycles. The Morgan fingerprint density at radius 3 is 2.47 bits per heavy atom. The lowest BCUT2D eigenvalue weighted by atomic mass is 9.99. The third-order valence-corrected chi connectivity index (χ3v) is 3.00. The zero-order chi connectivity index (χ0) is 12.4. The lowest BCUT2D eigenvalue weighted by molar-refractivity contribution is 0.595. The summed E-state index contributed by atoms with van der Waals surface area (Å²) >= 11 is 3.17. The van der Waals surface area contributed by atoms with Crippen LogP contribution in [0.15, 0.2) is 46.9 Å². The van der Waals surface area contributed by atoms with Crippen molar-refractivity contribution in [3.63, 3.8) is 0 Å². The Hall–Kier alpha value is -1.26. The maximum atomic E-state index is 13.7. The van der Waals surface area contributed by atoms with Gasteiger partial charge in [0.25, 0.3) is 0 Å². The second kappa shape index (κ2) is 4.94. The first-order valence-electron chi connectivity index (χ1n) is 5.04. The van der Waals surface area contributed by atoms with E-state index in [1.807, 2.05) is 0 Å². The van der Waals surface area contributed by atoms with E-state index in [0.717, 1.165) is 0 Å². The van der Waals surface area contributed by atoms with Gasteiger partial charge in [-0.2, -0.15) is 0 Å². The molecular weight excluding hydrogens is 288 g/mol. The molecule has 0 aliphatic carbocycles. The minimum Gasteiger partial charge on any atom is -0.320 e. The van der Waals surface area contributed by atoms with E-state index in [1.54, 1.807) is 24.3 Å². The van der Waals surface area contributed by atoms with Gasteiger partial charge in [-0.3, -0.25) is 0 Å². The van der Waals surface area contributed by atoms with Gasteiger partial charge in [-0.25, -0.2) is 8.78 Å². The topological polar surface area (TPSA) is 26.0 Å². The maximum absolute atomic E-state index is 13.7. The number of hydrogen-bond acceptors (Lipinski definition) is 1. The number of halogens is 3. The molecule has 17 heavy (non-hydrogen) atoms.